The molecule has 0 unspecified atom stereocenters. The first-order chi connectivity index (χ1) is 11.1. The van der Waals surface area contributed by atoms with E-state index >= 15 is 0 Å². The Hall–Kier alpha value is -2.22. The van der Waals surface area contributed by atoms with E-state index in [1.807, 2.05) is 20.8 Å². The predicted octanol–water partition coefficient (Wildman–Crippen LogP) is 2.54. The third kappa shape index (κ3) is 3.64. The van der Waals surface area contributed by atoms with Crippen molar-refractivity contribution in [2.75, 3.05) is 18.9 Å². The third-order valence-electron chi connectivity index (χ3n) is 3.45. The minimum absolute atomic E-state index is 0.141. The van der Waals surface area contributed by atoms with Gasteiger partial charge in [-0.2, -0.15) is 5.10 Å². The molecule has 1 heterocycles. The van der Waals surface area contributed by atoms with Crippen molar-refractivity contribution in [2.24, 2.45) is 7.05 Å². The summed E-state index contributed by atoms with van der Waals surface area (Å²) >= 11 is 0. The summed E-state index contributed by atoms with van der Waals surface area (Å²) in [7, 11) is 0.851. The van der Waals surface area contributed by atoms with Gasteiger partial charge >= 0.3 is 0 Å². The summed E-state index contributed by atoms with van der Waals surface area (Å²) in [5, 5.41) is 4.31. The van der Waals surface area contributed by atoms with Gasteiger partial charge < -0.3 is 9.47 Å². The monoisotopic (exact) mass is 353 g/mol. The molecule has 1 aromatic heterocycles. The van der Waals surface area contributed by atoms with Crippen LogP contribution in [0.15, 0.2) is 29.3 Å². The summed E-state index contributed by atoms with van der Waals surface area (Å²) in [6.45, 7) is 5.75. The van der Waals surface area contributed by atoms with Crippen molar-refractivity contribution in [2.45, 2.75) is 31.1 Å². The molecule has 2 rings (SSSR count). The normalized spacial score (nSPS) is 12.1. The summed E-state index contributed by atoms with van der Waals surface area (Å²) in [6, 6.07) is 4.91. The van der Waals surface area contributed by atoms with Crippen LogP contribution in [0.3, 0.4) is 0 Å². The van der Waals surface area contributed by atoms with Gasteiger partial charge in [0, 0.05) is 24.7 Å². The van der Waals surface area contributed by atoms with Crippen molar-refractivity contribution in [1.29, 1.82) is 0 Å². The van der Waals surface area contributed by atoms with E-state index in [1.165, 1.54) is 25.1 Å². The molecule has 2 aromatic rings. The van der Waals surface area contributed by atoms with Gasteiger partial charge in [0.1, 0.15) is 16.4 Å². The summed E-state index contributed by atoms with van der Waals surface area (Å²) in [5.74, 6) is 0.927. The lowest BCUT2D eigenvalue weighted by molar-refractivity contribution is 0.405. The van der Waals surface area contributed by atoms with E-state index in [9.17, 15) is 8.42 Å². The smallest absolute Gasteiger partial charge is 0.265 e. The Morgan fingerprint density at radius 1 is 1.17 bits per heavy atom. The number of nitrogens with zero attached hydrogens (tertiary/aromatic N) is 2. The molecule has 0 radical (unpaired) electrons. The minimum Gasteiger partial charge on any atom is -0.497 e. The highest BCUT2D eigenvalue weighted by molar-refractivity contribution is 7.92. The molecule has 0 saturated carbocycles. The number of aryl methyl sites for hydroxylation is 1. The fourth-order valence-corrected chi connectivity index (χ4v) is 3.73. The van der Waals surface area contributed by atoms with E-state index in [1.54, 1.807) is 25.2 Å². The predicted molar refractivity (Wildman–Crippen MR) is 92.3 cm³/mol. The van der Waals surface area contributed by atoms with Crippen molar-refractivity contribution in [3.8, 4) is 11.5 Å². The number of nitrogens with one attached hydrogen (secondary N) is 1. The van der Waals surface area contributed by atoms with Crippen LogP contribution in [0, 0.1) is 0 Å². The number of ether oxygens (including phenoxy) is 2. The minimum atomic E-state index is -3.83. The van der Waals surface area contributed by atoms with E-state index in [0.29, 0.717) is 22.9 Å². The van der Waals surface area contributed by atoms with E-state index in [-0.39, 0.29) is 4.90 Å². The van der Waals surface area contributed by atoms with Crippen molar-refractivity contribution in [1.82, 2.24) is 9.78 Å². The Labute approximate surface area is 142 Å². The lowest BCUT2D eigenvalue weighted by Crippen LogP contribution is -2.20. The Morgan fingerprint density at radius 3 is 2.38 bits per heavy atom. The maximum absolute atomic E-state index is 12.9. The molecular weight excluding hydrogens is 330 g/mol. The number of sulfonamides is 1. The molecule has 0 fully saturated rings. The lowest BCUT2D eigenvalue weighted by atomic mass is 9.92. The summed E-state index contributed by atoms with van der Waals surface area (Å²) in [4.78, 5) is 0.141. The second kappa shape index (κ2) is 6.35. The van der Waals surface area contributed by atoms with Gasteiger partial charge in [-0.05, 0) is 12.1 Å². The van der Waals surface area contributed by atoms with Crippen LogP contribution in [-0.2, 0) is 22.5 Å². The van der Waals surface area contributed by atoms with E-state index in [2.05, 4.69) is 9.82 Å². The molecule has 0 bridgehead atoms. The van der Waals surface area contributed by atoms with Crippen LogP contribution in [0.25, 0.3) is 0 Å². The molecule has 0 spiro atoms. The molecule has 1 aromatic carbocycles. The summed E-state index contributed by atoms with van der Waals surface area (Å²) < 4.78 is 40.2. The zero-order chi connectivity index (χ0) is 18.1. The Bertz CT molecular complexity index is 835. The number of hydrogen-bond donors (Lipinski definition) is 1. The van der Waals surface area contributed by atoms with Crippen molar-refractivity contribution in [3.05, 3.63) is 30.1 Å². The molecular formula is C16H23N3O4S. The maximum Gasteiger partial charge on any atom is 0.265 e. The number of benzene rings is 1. The van der Waals surface area contributed by atoms with Gasteiger partial charge in [0.15, 0.2) is 0 Å². The topological polar surface area (TPSA) is 82.5 Å². The maximum atomic E-state index is 12.9. The van der Waals surface area contributed by atoms with Gasteiger partial charge in [0.2, 0.25) is 0 Å². The fourth-order valence-electron chi connectivity index (χ4n) is 2.28. The number of rotatable bonds is 5. The Morgan fingerprint density at radius 2 is 1.83 bits per heavy atom. The molecule has 7 nitrogen and oxygen atoms in total. The van der Waals surface area contributed by atoms with E-state index in [4.69, 9.17) is 9.47 Å². The average molecular weight is 353 g/mol. The molecule has 0 aliphatic rings. The van der Waals surface area contributed by atoms with Crippen LogP contribution >= 0.6 is 0 Å². The van der Waals surface area contributed by atoms with Gasteiger partial charge in [-0.3, -0.25) is 9.40 Å². The van der Waals surface area contributed by atoms with Crippen molar-refractivity contribution >= 4 is 15.7 Å². The zero-order valence-corrected chi connectivity index (χ0v) is 15.6. The second-order valence-corrected chi connectivity index (χ2v) is 8.09. The molecule has 0 saturated heterocycles. The van der Waals surface area contributed by atoms with Crippen LogP contribution in [0.2, 0.25) is 0 Å². The molecule has 8 heteroatoms. The van der Waals surface area contributed by atoms with Crippen LogP contribution in [0.4, 0.5) is 5.69 Å². The number of methoxy groups -OCH3 is 2. The van der Waals surface area contributed by atoms with Crippen LogP contribution < -0.4 is 14.2 Å². The molecule has 0 aliphatic heterocycles. The third-order valence-corrected chi connectivity index (χ3v) is 4.81. The highest BCUT2D eigenvalue weighted by Crippen LogP contribution is 2.33. The van der Waals surface area contributed by atoms with Crippen LogP contribution in [0.1, 0.15) is 26.5 Å². The highest BCUT2D eigenvalue weighted by Gasteiger charge is 2.30. The van der Waals surface area contributed by atoms with E-state index < -0.39 is 15.4 Å². The van der Waals surface area contributed by atoms with Crippen molar-refractivity contribution in [3.63, 3.8) is 0 Å². The number of anilines is 1. The van der Waals surface area contributed by atoms with Crippen molar-refractivity contribution < 1.29 is 17.9 Å². The van der Waals surface area contributed by atoms with Gasteiger partial charge in [-0.25, -0.2) is 8.42 Å². The molecule has 0 atom stereocenters. The van der Waals surface area contributed by atoms with E-state index in [0.717, 1.165) is 0 Å². The molecule has 0 amide bonds. The number of aromatic nitrogens is 2. The van der Waals surface area contributed by atoms with Gasteiger partial charge in [0.25, 0.3) is 10.0 Å². The molecule has 0 aliphatic carbocycles. The zero-order valence-electron chi connectivity index (χ0n) is 14.7. The fraction of sp³-hybridized carbons (Fsp3) is 0.438. The SMILES string of the molecule is COc1ccc(OC)c(NS(=O)(=O)c2cn(C)nc2C(C)(C)C)c1. The first kappa shape index (κ1) is 18.1. The number of hydrogen-bond acceptors (Lipinski definition) is 5. The Balaban J connectivity index is 2.51. The van der Waals surface area contributed by atoms with Gasteiger partial charge in [0.05, 0.1) is 25.6 Å². The summed E-state index contributed by atoms with van der Waals surface area (Å²) in [5.41, 5.74) is 0.393. The highest BCUT2D eigenvalue weighted by atomic mass is 32.2. The van der Waals surface area contributed by atoms with Crippen LogP contribution in [0.5, 0.6) is 11.5 Å². The average Bonchev–Trinajstić information content (AvgIpc) is 2.90. The second-order valence-electron chi connectivity index (χ2n) is 6.44. The lowest BCUT2D eigenvalue weighted by Gasteiger charge is -2.18. The van der Waals surface area contributed by atoms with Crippen LogP contribution in [-0.4, -0.2) is 32.4 Å². The standard InChI is InChI=1S/C16H23N3O4S/c1-16(2,3)15-14(10-19(4)17-15)24(20,21)18-12-9-11(22-5)7-8-13(12)23-6/h7-10,18H,1-6H3. The Kier molecular flexibility index (Phi) is 4.80. The summed E-state index contributed by atoms with van der Waals surface area (Å²) in [6.07, 6.45) is 1.50. The first-order valence-electron chi connectivity index (χ1n) is 7.37. The molecule has 132 valence electrons. The largest absolute Gasteiger partial charge is 0.497 e. The molecule has 1 N–H and O–H groups in total. The van der Waals surface area contributed by atoms with Gasteiger partial charge in [-0.1, -0.05) is 20.8 Å². The van der Waals surface area contributed by atoms with Gasteiger partial charge in [-0.15, -0.1) is 0 Å². The first-order valence-corrected chi connectivity index (χ1v) is 8.86. The molecule has 24 heavy (non-hydrogen) atoms. The quantitative estimate of drug-likeness (QED) is 0.893.